The molecule has 1 fully saturated rings. The van der Waals surface area contributed by atoms with Crippen molar-refractivity contribution in [1.29, 1.82) is 0 Å². The van der Waals surface area contributed by atoms with Crippen LogP contribution in [0.2, 0.25) is 0 Å². The van der Waals surface area contributed by atoms with Crippen molar-refractivity contribution in [3.63, 3.8) is 0 Å². The maximum Gasteiger partial charge on any atom is 0.266 e. The van der Waals surface area contributed by atoms with Crippen LogP contribution in [0.3, 0.4) is 0 Å². The van der Waals surface area contributed by atoms with Crippen LogP contribution in [0.25, 0.3) is 0 Å². The summed E-state index contributed by atoms with van der Waals surface area (Å²) in [5.74, 6) is 1.54. The third-order valence-corrected chi connectivity index (χ3v) is 4.48. The fourth-order valence-electron chi connectivity index (χ4n) is 2.52. The maximum atomic E-state index is 11.7. The zero-order chi connectivity index (χ0) is 13.7. The van der Waals surface area contributed by atoms with Crippen LogP contribution >= 0.6 is 22.6 Å². The van der Waals surface area contributed by atoms with E-state index in [9.17, 15) is 4.79 Å². The Balaban J connectivity index is 2.14. The Kier molecular flexibility index (Phi) is 5.62. The Bertz CT molecular complexity index is 456. The third kappa shape index (κ3) is 3.92. The minimum Gasteiger partial charge on any atom is -0.355 e. The summed E-state index contributed by atoms with van der Waals surface area (Å²) >= 11 is 2.09. The quantitative estimate of drug-likeness (QED) is 0.767. The van der Waals surface area contributed by atoms with Crippen LogP contribution < -0.4 is 15.8 Å². The highest BCUT2D eigenvalue weighted by Gasteiger charge is 2.20. The number of halogens is 1. The number of nitrogens with zero attached hydrogens (tertiary/aromatic N) is 2. The van der Waals surface area contributed by atoms with Crippen molar-refractivity contribution in [3.8, 4) is 0 Å². The topological polar surface area (TPSA) is 61.0 Å². The van der Waals surface area contributed by atoms with Crippen LogP contribution in [-0.2, 0) is 0 Å². The van der Waals surface area contributed by atoms with Crippen molar-refractivity contribution >= 4 is 28.4 Å². The highest BCUT2D eigenvalue weighted by molar-refractivity contribution is 14.1. The van der Waals surface area contributed by atoms with E-state index < -0.39 is 0 Å². The molecule has 0 amide bonds. The smallest absolute Gasteiger partial charge is 0.266 e. The molecule has 2 heterocycles. The first-order valence-corrected chi connectivity index (χ1v) is 7.99. The normalized spacial score (nSPS) is 16.5. The van der Waals surface area contributed by atoms with E-state index in [1.807, 2.05) is 0 Å². The van der Waals surface area contributed by atoms with Gasteiger partial charge in [0.05, 0.1) is 6.33 Å². The lowest BCUT2D eigenvalue weighted by atomic mass is 9.97. The van der Waals surface area contributed by atoms with Gasteiger partial charge in [0.1, 0.15) is 9.39 Å². The average Bonchev–Trinajstić information content (AvgIpc) is 2.43. The number of aromatic nitrogens is 2. The van der Waals surface area contributed by atoms with Gasteiger partial charge in [-0.15, -0.1) is 0 Å². The Morgan fingerprint density at radius 2 is 2.21 bits per heavy atom. The molecule has 1 aliphatic rings. The summed E-state index contributed by atoms with van der Waals surface area (Å²) in [6.07, 6.45) is 4.99. The van der Waals surface area contributed by atoms with Crippen molar-refractivity contribution in [2.24, 2.45) is 5.92 Å². The molecule has 1 aliphatic heterocycles. The molecule has 1 saturated heterocycles. The number of nitrogens with one attached hydrogen (secondary N) is 2. The maximum absolute atomic E-state index is 11.7. The SMILES string of the molecule is CCCN(CC1CCNCC1)c1nc[nH]c(=O)c1I. The Hall–Kier alpha value is -0.630. The number of hydrogen-bond donors (Lipinski definition) is 2. The third-order valence-electron chi connectivity index (χ3n) is 3.51. The van der Waals surface area contributed by atoms with Crippen molar-refractivity contribution in [2.75, 3.05) is 31.1 Å². The Morgan fingerprint density at radius 3 is 2.89 bits per heavy atom. The van der Waals surface area contributed by atoms with Gasteiger partial charge in [0.15, 0.2) is 0 Å². The molecule has 1 aromatic rings. The summed E-state index contributed by atoms with van der Waals surface area (Å²) in [4.78, 5) is 21.0. The van der Waals surface area contributed by atoms with Gasteiger partial charge in [-0.05, 0) is 60.9 Å². The van der Waals surface area contributed by atoms with Crippen LogP contribution in [0.5, 0.6) is 0 Å². The lowest BCUT2D eigenvalue weighted by molar-refractivity contribution is 0.372. The Labute approximate surface area is 127 Å². The molecule has 6 heteroatoms. The lowest BCUT2D eigenvalue weighted by Gasteiger charge is -2.31. The van der Waals surface area contributed by atoms with E-state index in [4.69, 9.17) is 0 Å². The zero-order valence-corrected chi connectivity index (χ0v) is 13.4. The van der Waals surface area contributed by atoms with Gasteiger partial charge in [-0.2, -0.15) is 0 Å². The molecular weight excluding hydrogens is 355 g/mol. The van der Waals surface area contributed by atoms with Crippen LogP contribution in [-0.4, -0.2) is 36.1 Å². The molecule has 106 valence electrons. The van der Waals surface area contributed by atoms with Gasteiger partial charge in [0, 0.05) is 13.1 Å². The number of aromatic amines is 1. The minimum absolute atomic E-state index is 0.0444. The molecule has 19 heavy (non-hydrogen) atoms. The number of rotatable bonds is 5. The molecule has 2 N–H and O–H groups in total. The van der Waals surface area contributed by atoms with Gasteiger partial charge in [0.25, 0.3) is 5.56 Å². The molecule has 0 radical (unpaired) electrons. The first kappa shape index (κ1) is 14.8. The minimum atomic E-state index is -0.0444. The van der Waals surface area contributed by atoms with E-state index in [-0.39, 0.29) is 5.56 Å². The second-order valence-electron chi connectivity index (χ2n) is 5.01. The number of anilines is 1. The second kappa shape index (κ2) is 7.23. The molecule has 0 atom stereocenters. The average molecular weight is 376 g/mol. The molecule has 1 aromatic heterocycles. The predicted octanol–water partition coefficient (Wildman–Crippen LogP) is 1.59. The summed E-state index contributed by atoms with van der Waals surface area (Å²) in [5.41, 5.74) is -0.0444. The van der Waals surface area contributed by atoms with Crippen molar-refractivity contribution in [1.82, 2.24) is 15.3 Å². The summed E-state index contributed by atoms with van der Waals surface area (Å²) < 4.78 is 0.697. The largest absolute Gasteiger partial charge is 0.355 e. The van der Waals surface area contributed by atoms with Crippen molar-refractivity contribution < 1.29 is 0 Å². The molecule has 0 spiro atoms. The predicted molar refractivity (Wildman–Crippen MR) is 85.7 cm³/mol. The van der Waals surface area contributed by atoms with Gasteiger partial charge in [-0.1, -0.05) is 6.92 Å². The van der Waals surface area contributed by atoms with E-state index in [1.165, 1.54) is 19.2 Å². The molecule has 5 nitrogen and oxygen atoms in total. The zero-order valence-electron chi connectivity index (χ0n) is 11.3. The van der Waals surface area contributed by atoms with Gasteiger partial charge < -0.3 is 15.2 Å². The highest BCUT2D eigenvalue weighted by atomic mass is 127. The van der Waals surface area contributed by atoms with Gasteiger partial charge in [-0.3, -0.25) is 4.79 Å². The summed E-state index contributed by atoms with van der Waals surface area (Å²) in [5, 5.41) is 3.39. The molecule has 0 aromatic carbocycles. The number of hydrogen-bond acceptors (Lipinski definition) is 4. The Morgan fingerprint density at radius 1 is 1.47 bits per heavy atom. The van der Waals surface area contributed by atoms with E-state index >= 15 is 0 Å². The van der Waals surface area contributed by atoms with E-state index in [2.05, 4.69) is 49.7 Å². The summed E-state index contributed by atoms with van der Waals surface area (Å²) in [7, 11) is 0. The van der Waals surface area contributed by atoms with Crippen molar-refractivity contribution in [3.05, 3.63) is 20.3 Å². The molecule has 0 saturated carbocycles. The van der Waals surface area contributed by atoms with E-state index in [0.29, 0.717) is 9.49 Å². The molecule has 0 unspecified atom stereocenters. The first-order valence-electron chi connectivity index (χ1n) is 6.91. The highest BCUT2D eigenvalue weighted by Crippen LogP contribution is 2.20. The van der Waals surface area contributed by atoms with Crippen LogP contribution in [0, 0.1) is 9.49 Å². The fraction of sp³-hybridized carbons (Fsp3) is 0.692. The molecular formula is C13H21IN4O. The van der Waals surface area contributed by atoms with Crippen LogP contribution in [0.1, 0.15) is 26.2 Å². The van der Waals surface area contributed by atoms with E-state index in [0.717, 1.165) is 38.4 Å². The fourth-order valence-corrected chi connectivity index (χ4v) is 3.16. The summed E-state index contributed by atoms with van der Waals surface area (Å²) in [6.45, 7) is 6.32. The number of H-pyrrole nitrogens is 1. The first-order chi connectivity index (χ1) is 9.22. The monoisotopic (exact) mass is 376 g/mol. The van der Waals surface area contributed by atoms with Crippen LogP contribution in [0.15, 0.2) is 11.1 Å². The van der Waals surface area contributed by atoms with Gasteiger partial charge >= 0.3 is 0 Å². The van der Waals surface area contributed by atoms with Crippen LogP contribution in [0.4, 0.5) is 5.82 Å². The second-order valence-corrected chi connectivity index (χ2v) is 6.09. The van der Waals surface area contributed by atoms with Gasteiger partial charge in [0.2, 0.25) is 0 Å². The van der Waals surface area contributed by atoms with E-state index in [1.54, 1.807) is 0 Å². The molecule has 0 bridgehead atoms. The van der Waals surface area contributed by atoms with Crippen molar-refractivity contribution in [2.45, 2.75) is 26.2 Å². The lowest BCUT2D eigenvalue weighted by Crippen LogP contribution is -2.38. The number of piperidine rings is 1. The summed E-state index contributed by atoms with van der Waals surface area (Å²) in [6, 6.07) is 0. The molecule has 2 rings (SSSR count). The van der Waals surface area contributed by atoms with Gasteiger partial charge in [-0.25, -0.2) is 4.98 Å². The standard InChI is InChI=1S/C13H21IN4O/c1-2-7-18(8-10-3-5-15-6-4-10)12-11(14)13(19)17-9-16-12/h9-10,15H,2-8H2,1H3,(H,16,17,19). The molecule has 0 aliphatic carbocycles.